The Balaban J connectivity index is 1.56. The summed E-state index contributed by atoms with van der Waals surface area (Å²) < 4.78 is 40.3. The molecule has 0 atom stereocenters. The second-order valence-corrected chi connectivity index (χ2v) is 6.41. The molecule has 0 unspecified atom stereocenters. The lowest BCUT2D eigenvalue weighted by molar-refractivity contribution is -0.145. The van der Waals surface area contributed by atoms with Gasteiger partial charge in [-0.1, -0.05) is 18.2 Å². The predicted octanol–water partition coefficient (Wildman–Crippen LogP) is 3.55. The van der Waals surface area contributed by atoms with Gasteiger partial charge in [-0.25, -0.2) is 9.97 Å². The van der Waals surface area contributed by atoms with Gasteiger partial charge in [-0.3, -0.25) is 4.90 Å². The van der Waals surface area contributed by atoms with Gasteiger partial charge < -0.3 is 4.57 Å². The number of alkyl halides is 3. The summed E-state index contributed by atoms with van der Waals surface area (Å²) in [5, 5.41) is 1.21. The van der Waals surface area contributed by atoms with E-state index in [1.165, 1.54) is 22.7 Å². The number of hydrogen-bond donors (Lipinski definition) is 0. The molecule has 1 aliphatic rings. The molecule has 2 aromatic heterocycles. The van der Waals surface area contributed by atoms with Crippen LogP contribution < -0.4 is 0 Å². The van der Waals surface area contributed by atoms with Crippen LogP contribution in [0.3, 0.4) is 0 Å². The molecule has 1 aromatic carbocycles. The molecule has 0 saturated carbocycles. The normalized spacial score (nSPS) is 15.5. The topological polar surface area (TPSA) is 34.0 Å². The Kier molecular flexibility index (Phi) is 3.76. The first kappa shape index (κ1) is 16.1. The van der Waals surface area contributed by atoms with Crippen molar-refractivity contribution in [3.63, 3.8) is 0 Å². The number of fused-ring (bicyclic) bond motifs is 2. The minimum absolute atomic E-state index is 0.506. The van der Waals surface area contributed by atoms with Crippen LogP contribution in [-0.4, -0.2) is 26.0 Å². The number of aryl methyl sites for hydroxylation is 1. The maximum absolute atomic E-state index is 12.7. The molecule has 0 radical (unpaired) electrons. The predicted molar refractivity (Wildman–Crippen MR) is 87.8 cm³/mol. The highest BCUT2D eigenvalue weighted by atomic mass is 19.4. The summed E-state index contributed by atoms with van der Waals surface area (Å²) in [6.07, 6.45) is -0.551. The SMILES string of the molecule is Cn1cc(CN2CCc3nc(C(F)(F)F)ncc3C2)c2ccccc21. The van der Waals surface area contributed by atoms with Crippen molar-refractivity contribution < 1.29 is 13.2 Å². The van der Waals surface area contributed by atoms with Crippen molar-refractivity contribution >= 4 is 10.9 Å². The van der Waals surface area contributed by atoms with E-state index in [0.717, 1.165) is 12.1 Å². The van der Waals surface area contributed by atoms with Gasteiger partial charge in [-0.15, -0.1) is 0 Å². The Morgan fingerprint density at radius 2 is 2.00 bits per heavy atom. The Bertz CT molecular complexity index is 930. The number of para-hydroxylation sites is 1. The van der Waals surface area contributed by atoms with Crippen LogP contribution in [0.5, 0.6) is 0 Å². The maximum Gasteiger partial charge on any atom is 0.451 e. The van der Waals surface area contributed by atoms with E-state index < -0.39 is 12.0 Å². The molecule has 4 rings (SSSR count). The third kappa shape index (κ3) is 3.00. The Morgan fingerprint density at radius 1 is 1.20 bits per heavy atom. The van der Waals surface area contributed by atoms with Crippen LogP contribution in [0.4, 0.5) is 13.2 Å². The Labute approximate surface area is 142 Å². The van der Waals surface area contributed by atoms with E-state index in [9.17, 15) is 13.2 Å². The summed E-state index contributed by atoms with van der Waals surface area (Å²) in [4.78, 5) is 9.43. The van der Waals surface area contributed by atoms with Crippen LogP contribution in [0.15, 0.2) is 36.7 Å². The summed E-state index contributed by atoms with van der Waals surface area (Å²) in [5.74, 6) is -1.05. The van der Waals surface area contributed by atoms with Crippen LogP contribution in [0, 0.1) is 0 Å². The van der Waals surface area contributed by atoms with Gasteiger partial charge in [-0.05, 0) is 11.6 Å². The molecule has 1 aliphatic heterocycles. The fraction of sp³-hybridized carbons (Fsp3) is 0.333. The van der Waals surface area contributed by atoms with Gasteiger partial charge in [0.15, 0.2) is 0 Å². The summed E-state index contributed by atoms with van der Waals surface area (Å²) in [7, 11) is 2.02. The molecule has 0 aliphatic carbocycles. The van der Waals surface area contributed by atoms with Gasteiger partial charge in [-0.2, -0.15) is 13.2 Å². The van der Waals surface area contributed by atoms with Gasteiger partial charge in [0.05, 0.1) is 5.69 Å². The van der Waals surface area contributed by atoms with Crippen molar-refractivity contribution in [1.29, 1.82) is 0 Å². The van der Waals surface area contributed by atoms with Crippen molar-refractivity contribution in [1.82, 2.24) is 19.4 Å². The van der Waals surface area contributed by atoms with Crippen LogP contribution in [0.25, 0.3) is 10.9 Å². The van der Waals surface area contributed by atoms with Crippen molar-refractivity contribution in [2.45, 2.75) is 25.7 Å². The second-order valence-electron chi connectivity index (χ2n) is 6.41. The zero-order valence-corrected chi connectivity index (χ0v) is 13.7. The van der Waals surface area contributed by atoms with Crippen molar-refractivity contribution in [3.8, 4) is 0 Å². The van der Waals surface area contributed by atoms with Gasteiger partial charge in [0.1, 0.15) is 0 Å². The Hall–Kier alpha value is -2.41. The third-order valence-corrected chi connectivity index (χ3v) is 4.64. The molecule has 3 aromatic rings. The molecule has 0 saturated heterocycles. The molecule has 130 valence electrons. The molecule has 25 heavy (non-hydrogen) atoms. The lowest BCUT2D eigenvalue weighted by atomic mass is 10.1. The first-order valence-electron chi connectivity index (χ1n) is 8.09. The van der Waals surface area contributed by atoms with Crippen molar-refractivity contribution in [2.75, 3.05) is 6.54 Å². The van der Waals surface area contributed by atoms with Crippen molar-refractivity contribution in [3.05, 3.63) is 59.3 Å². The quantitative estimate of drug-likeness (QED) is 0.712. The number of aromatic nitrogens is 3. The highest BCUT2D eigenvalue weighted by molar-refractivity contribution is 5.83. The van der Waals surface area contributed by atoms with Gasteiger partial charge >= 0.3 is 6.18 Å². The van der Waals surface area contributed by atoms with Crippen LogP contribution >= 0.6 is 0 Å². The summed E-state index contributed by atoms with van der Waals surface area (Å²) >= 11 is 0. The van der Waals surface area contributed by atoms with E-state index in [4.69, 9.17) is 0 Å². The molecular formula is C18H17F3N4. The third-order valence-electron chi connectivity index (χ3n) is 4.64. The van der Waals surface area contributed by atoms with E-state index in [1.54, 1.807) is 0 Å². The molecule has 0 bridgehead atoms. The van der Waals surface area contributed by atoms with E-state index in [0.29, 0.717) is 25.2 Å². The lowest BCUT2D eigenvalue weighted by Gasteiger charge is -2.28. The summed E-state index contributed by atoms with van der Waals surface area (Å²) in [5.41, 5.74) is 3.68. The molecule has 0 N–H and O–H groups in total. The first-order chi connectivity index (χ1) is 11.9. The highest BCUT2D eigenvalue weighted by Gasteiger charge is 2.35. The number of nitrogens with zero attached hydrogens (tertiary/aromatic N) is 4. The summed E-state index contributed by atoms with van der Waals surface area (Å²) in [6, 6.07) is 8.21. The number of halogens is 3. The fourth-order valence-electron chi connectivity index (χ4n) is 3.44. The van der Waals surface area contributed by atoms with Crippen LogP contribution in [0.2, 0.25) is 0 Å². The van der Waals surface area contributed by atoms with E-state index in [2.05, 4.69) is 37.8 Å². The molecule has 4 nitrogen and oxygen atoms in total. The van der Waals surface area contributed by atoms with Gasteiger partial charge in [0.2, 0.25) is 5.82 Å². The largest absolute Gasteiger partial charge is 0.451 e. The average Bonchev–Trinajstić information content (AvgIpc) is 2.90. The Morgan fingerprint density at radius 3 is 2.80 bits per heavy atom. The van der Waals surface area contributed by atoms with E-state index in [1.807, 2.05) is 19.2 Å². The second kappa shape index (κ2) is 5.84. The average molecular weight is 346 g/mol. The number of benzene rings is 1. The molecule has 0 amide bonds. The summed E-state index contributed by atoms with van der Waals surface area (Å²) in [6.45, 7) is 2.00. The zero-order chi connectivity index (χ0) is 17.6. The van der Waals surface area contributed by atoms with Crippen LogP contribution in [0.1, 0.15) is 22.6 Å². The smallest absolute Gasteiger partial charge is 0.350 e. The van der Waals surface area contributed by atoms with E-state index >= 15 is 0 Å². The minimum atomic E-state index is -4.49. The molecule has 0 fully saturated rings. The standard InChI is InChI=1S/C18H17F3N4/c1-24-9-13(14-4-2-3-5-16(14)24)11-25-7-6-15-12(10-25)8-22-17(23-15)18(19,20)21/h2-5,8-9H,6-7,10-11H2,1H3. The van der Waals surface area contributed by atoms with Crippen LogP contribution in [-0.2, 0) is 32.7 Å². The first-order valence-corrected chi connectivity index (χ1v) is 8.09. The molecular weight excluding hydrogens is 329 g/mol. The molecule has 7 heteroatoms. The number of rotatable bonds is 2. The highest BCUT2D eigenvalue weighted by Crippen LogP contribution is 2.28. The fourth-order valence-corrected chi connectivity index (χ4v) is 3.44. The molecule has 3 heterocycles. The van der Waals surface area contributed by atoms with Crippen molar-refractivity contribution in [2.24, 2.45) is 7.05 Å². The lowest BCUT2D eigenvalue weighted by Crippen LogP contribution is -2.31. The van der Waals surface area contributed by atoms with Gasteiger partial charge in [0, 0.05) is 62.0 Å². The monoisotopic (exact) mass is 346 g/mol. The zero-order valence-electron chi connectivity index (χ0n) is 13.7. The number of hydrogen-bond acceptors (Lipinski definition) is 3. The van der Waals surface area contributed by atoms with E-state index in [-0.39, 0.29) is 0 Å². The van der Waals surface area contributed by atoms with Gasteiger partial charge in [0.25, 0.3) is 0 Å². The molecule has 0 spiro atoms. The minimum Gasteiger partial charge on any atom is -0.350 e. The maximum atomic E-state index is 12.7.